The molecule has 0 spiro atoms. The van der Waals surface area contributed by atoms with Crippen molar-refractivity contribution in [3.8, 4) is 0 Å². The first kappa shape index (κ1) is 13.1. The summed E-state index contributed by atoms with van der Waals surface area (Å²) in [5, 5.41) is 4.48. The van der Waals surface area contributed by atoms with E-state index in [2.05, 4.69) is 22.2 Å². The van der Waals surface area contributed by atoms with Crippen molar-refractivity contribution in [3.05, 3.63) is 47.5 Å². The number of hydrogen-bond donors (Lipinski definition) is 0. The highest BCUT2D eigenvalue weighted by molar-refractivity contribution is 6.44. The fourth-order valence-corrected chi connectivity index (χ4v) is 3.28. The normalized spacial score (nSPS) is 27.6. The van der Waals surface area contributed by atoms with E-state index in [4.69, 9.17) is 11.6 Å². The van der Waals surface area contributed by atoms with Gasteiger partial charge in [-0.3, -0.25) is 4.79 Å². The van der Waals surface area contributed by atoms with E-state index < -0.39 is 4.77 Å². The van der Waals surface area contributed by atoms with Gasteiger partial charge in [0.15, 0.2) is 0 Å². The Morgan fingerprint density at radius 3 is 2.71 bits per heavy atom. The fourth-order valence-electron chi connectivity index (χ4n) is 3.00. The van der Waals surface area contributed by atoms with Gasteiger partial charge in [0.2, 0.25) is 11.6 Å². The molecule has 1 aromatic heterocycles. The second-order valence-corrected chi connectivity index (χ2v) is 7.00. The Morgan fingerprint density at radius 1 is 1.33 bits per heavy atom. The molecule has 1 aliphatic carbocycles. The standard InChI is InChI=1S/C15H15BClN3O/c16-15(17)8-11(9-4-2-1-3-5-9)20-14(15)18-13(19-20)12(21)10-6-7-10/h1-5,10-11H,6-8,16H2/t11-,15-/m1/s1. The zero-order valence-electron chi connectivity index (χ0n) is 11.8. The van der Waals surface area contributed by atoms with Crippen molar-refractivity contribution in [2.24, 2.45) is 5.92 Å². The predicted octanol–water partition coefficient (Wildman–Crippen LogP) is 1.89. The molecule has 21 heavy (non-hydrogen) atoms. The Labute approximate surface area is 128 Å². The van der Waals surface area contributed by atoms with Crippen molar-refractivity contribution in [2.45, 2.75) is 30.1 Å². The molecule has 4 nitrogen and oxygen atoms in total. The molecular weight excluding hydrogens is 284 g/mol. The van der Waals surface area contributed by atoms with Gasteiger partial charge in [-0.1, -0.05) is 30.3 Å². The lowest BCUT2D eigenvalue weighted by atomic mass is 9.82. The summed E-state index contributed by atoms with van der Waals surface area (Å²) in [5.74, 6) is 1.24. The molecule has 0 saturated heterocycles. The zero-order valence-corrected chi connectivity index (χ0v) is 12.5. The van der Waals surface area contributed by atoms with Crippen LogP contribution in [-0.4, -0.2) is 28.4 Å². The fraction of sp³-hybridized carbons (Fsp3) is 0.400. The number of Topliss-reactive ketones (excluding diaryl/α,β-unsaturated/α-hetero) is 1. The third-order valence-electron chi connectivity index (χ3n) is 4.32. The molecule has 2 aliphatic rings. The van der Waals surface area contributed by atoms with Gasteiger partial charge >= 0.3 is 0 Å². The van der Waals surface area contributed by atoms with Gasteiger partial charge in [0.25, 0.3) is 0 Å². The second-order valence-electron chi connectivity index (χ2n) is 6.17. The third kappa shape index (κ3) is 2.11. The summed E-state index contributed by atoms with van der Waals surface area (Å²) >= 11 is 6.62. The van der Waals surface area contributed by atoms with Crippen molar-refractivity contribution in [1.82, 2.24) is 14.8 Å². The second kappa shape index (κ2) is 4.44. The highest BCUT2D eigenvalue weighted by Crippen LogP contribution is 2.44. The highest BCUT2D eigenvalue weighted by atomic mass is 35.5. The largest absolute Gasteiger partial charge is 0.290 e. The lowest BCUT2D eigenvalue weighted by Crippen LogP contribution is -2.17. The Hall–Kier alpha value is -1.62. The Kier molecular flexibility index (Phi) is 2.76. The minimum Gasteiger partial charge on any atom is -0.290 e. The Bertz CT molecular complexity index is 709. The van der Waals surface area contributed by atoms with Crippen LogP contribution in [0.25, 0.3) is 0 Å². The topological polar surface area (TPSA) is 47.8 Å². The van der Waals surface area contributed by atoms with E-state index in [0.717, 1.165) is 24.8 Å². The van der Waals surface area contributed by atoms with E-state index in [1.807, 2.05) is 30.7 Å². The molecule has 0 unspecified atom stereocenters. The van der Waals surface area contributed by atoms with Gasteiger partial charge in [0.05, 0.1) is 10.8 Å². The predicted molar refractivity (Wildman–Crippen MR) is 82.3 cm³/mol. The maximum Gasteiger partial charge on any atom is 0.217 e. The molecule has 106 valence electrons. The molecule has 6 heteroatoms. The third-order valence-corrected chi connectivity index (χ3v) is 4.65. The maximum absolute atomic E-state index is 12.2. The quantitative estimate of drug-likeness (QED) is 0.494. The van der Waals surface area contributed by atoms with E-state index in [9.17, 15) is 4.79 Å². The van der Waals surface area contributed by atoms with E-state index in [1.165, 1.54) is 0 Å². The van der Waals surface area contributed by atoms with Crippen molar-refractivity contribution in [1.29, 1.82) is 0 Å². The van der Waals surface area contributed by atoms with Gasteiger partial charge in [-0.05, 0) is 24.8 Å². The molecule has 0 bridgehead atoms. The van der Waals surface area contributed by atoms with Crippen molar-refractivity contribution >= 4 is 25.2 Å². The number of hydrogen-bond acceptors (Lipinski definition) is 3. The highest BCUT2D eigenvalue weighted by Gasteiger charge is 2.44. The minimum atomic E-state index is -0.574. The maximum atomic E-state index is 12.2. The average Bonchev–Trinajstić information content (AvgIpc) is 3.17. The van der Waals surface area contributed by atoms with Gasteiger partial charge in [-0.2, -0.15) is 0 Å². The molecule has 0 N–H and O–H groups in total. The Balaban J connectivity index is 1.77. The summed E-state index contributed by atoms with van der Waals surface area (Å²) < 4.78 is 1.27. The summed E-state index contributed by atoms with van der Waals surface area (Å²) in [6, 6.07) is 10.2. The molecule has 2 aromatic rings. The molecule has 0 amide bonds. The van der Waals surface area contributed by atoms with Gasteiger partial charge < -0.3 is 0 Å². The summed E-state index contributed by atoms with van der Waals surface area (Å²) in [5.41, 5.74) is 1.15. The molecule has 0 radical (unpaired) electrons. The van der Waals surface area contributed by atoms with Gasteiger partial charge in [0.1, 0.15) is 13.7 Å². The number of carbonyl (C=O) groups is 1. The molecule has 1 fully saturated rings. The number of carbonyl (C=O) groups excluding carboxylic acids is 1. The number of rotatable bonds is 3. The van der Waals surface area contributed by atoms with E-state index in [1.54, 1.807) is 0 Å². The number of fused-ring (bicyclic) bond motifs is 1. The number of alkyl halides is 1. The lowest BCUT2D eigenvalue weighted by molar-refractivity contribution is 0.0957. The smallest absolute Gasteiger partial charge is 0.217 e. The Morgan fingerprint density at radius 2 is 2.05 bits per heavy atom. The minimum absolute atomic E-state index is 0.0527. The summed E-state index contributed by atoms with van der Waals surface area (Å²) in [6.45, 7) is 0. The van der Waals surface area contributed by atoms with Gasteiger partial charge in [0, 0.05) is 5.92 Å². The molecule has 2 atom stereocenters. The monoisotopic (exact) mass is 299 g/mol. The lowest BCUT2D eigenvalue weighted by Gasteiger charge is -2.14. The number of halogens is 1. The van der Waals surface area contributed by atoms with Gasteiger partial charge in [-0.25, -0.2) is 9.67 Å². The van der Waals surface area contributed by atoms with Crippen LogP contribution in [0.1, 0.15) is 47.3 Å². The molecule has 2 heterocycles. The van der Waals surface area contributed by atoms with Crippen LogP contribution >= 0.6 is 11.6 Å². The number of benzene rings is 1. The van der Waals surface area contributed by atoms with Crippen LogP contribution in [0.15, 0.2) is 30.3 Å². The molecule has 1 aliphatic heterocycles. The van der Waals surface area contributed by atoms with E-state index in [0.29, 0.717) is 11.6 Å². The average molecular weight is 300 g/mol. The van der Waals surface area contributed by atoms with Crippen molar-refractivity contribution in [2.75, 3.05) is 0 Å². The van der Waals surface area contributed by atoms with Crippen LogP contribution in [0.5, 0.6) is 0 Å². The van der Waals surface area contributed by atoms with Crippen LogP contribution in [0, 0.1) is 5.92 Å². The number of ketones is 1. The first-order chi connectivity index (χ1) is 10.1. The first-order valence-electron chi connectivity index (χ1n) is 7.31. The van der Waals surface area contributed by atoms with Crippen LogP contribution in [0.4, 0.5) is 0 Å². The number of aromatic nitrogens is 3. The van der Waals surface area contributed by atoms with Crippen LogP contribution < -0.4 is 0 Å². The summed E-state index contributed by atoms with van der Waals surface area (Å²) in [4.78, 5) is 16.6. The SMILES string of the molecule is B[C@@]1(Cl)C[C@H](c2ccccc2)n2nc(C(=O)C3CC3)nc21. The van der Waals surface area contributed by atoms with Crippen molar-refractivity contribution in [3.63, 3.8) is 0 Å². The molecule has 1 saturated carbocycles. The van der Waals surface area contributed by atoms with Gasteiger partial charge in [-0.15, -0.1) is 16.7 Å². The molecule has 4 rings (SSSR count). The summed E-state index contributed by atoms with van der Waals surface area (Å²) in [6.07, 6.45) is 2.66. The van der Waals surface area contributed by atoms with Crippen LogP contribution in [-0.2, 0) is 4.77 Å². The summed E-state index contributed by atoms with van der Waals surface area (Å²) in [7, 11) is 1.95. The van der Waals surface area contributed by atoms with E-state index in [-0.39, 0.29) is 17.7 Å². The van der Waals surface area contributed by atoms with Crippen molar-refractivity contribution < 1.29 is 4.79 Å². The zero-order chi connectivity index (χ0) is 14.6. The molecule has 1 aromatic carbocycles. The van der Waals surface area contributed by atoms with Crippen LogP contribution in [0.2, 0.25) is 0 Å². The number of nitrogens with zero attached hydrogens (tertiary/aromatic N) is 3. The first-order valence-corrected chi connectivity index (χ1v) is 7.69. The van der Waals surface area contributed by atoms with E-state index >= 15 is 0 Å². The molecular formula is C15H15BClN3O. The van der Waals surface area contributed by atoms with Crippen LogP contribution in [0.3, 0.4) is 0 Å².